The standard InChI is InChI=1S/C21H17NO5/c1-2-27-21(26)14-8-10-18(23)15(11-14)19(24)12-20(25)17-9-7-13-5-3-4-6-16(13)22-17/h3-11,23H,2,12H2,1H3. The van der Waals surface area contributed by atoms with Gasteiger partial charge in [-0.2, -0.15) is 0 Å². The second-order valence-electron chi connectivity index (χ2n) is 5.86. The van der Waals surface area contributed by atoms with E-state index in [4.69, 9.17) is 4.74 Å². The van der Waals surface area contributed by atoms with Gasteiger partial charge < -0.3 is 9.84 Å². The summed E-state index contributed by atoms with van der Waals surface area (Å²) in [6.07, 6.45) is -0.467. The van der Waals surface area contributed by atoms with Crippen LogP contribution in [0.25, 0.3) is 10.9 Å². The van der Waals surface area contributed by atoms with Crippen LogP contribution in [-0.2, 0) is 4.74 Å². The van der Waals surface area contributed by atoms with Crippen LogP contribution in [0.4, 0.5) is 0 Å². The Morgan fingerprint density at radius 2 is 1.78 bits per heavy atom. The fourth-order valence-corrected chi connectivity index (χ4v) is 2.65. The molecule has 0 fully saturated rings. The Kier molecular flexibility index (Phi) is 5.26. The summed E-state index contributed by atoms with van der Waals surface area (Å²) in [6, 6.07) is 14.5. The van der Waals surface area contributed by atoms with Crippen molar-refractivity contribution in [3.8, 4) is 5.75 Å². The number of phenolic OH excluding ortho intramolecular Hbond substituents is 1. The summed E-state index contributed by atoms with van der Waals surface area (Å²) < 4.78 is 4.89. The monoisotopic (exact) mass is 363 g/mol. The number of ether oxygens (including phenoxy) is 1. The van der Waals surface area contributed by atoms with Gasteiger partial charge in [0.2, 0.25) is 0 Å². The van der Waals surface area contributed by atoms with Crippen molar-refractivity contribution in [3.05, 3.63) is 71.4 Å². The normalized spacial score (nSPS) is 10.6. The number of Topliss-reactive ketones (excluding diaryl/α,β-unsaturated/α-hetero) is 2. The fraction of sp³-hybridized carbons (Fsp3) is 0.143. The average molecular weight is 363 g/mol. The van der Waals surface area contributed by atoms with Gasteiger partial charge in [0.05, 0.1) is 29.7 Å². The van der Waals surface area contributed by atoms with Gasteiger partial charge in [0.25, 0.3) is 0 Å². The van der Waals surface area contributed by atoms with E-state index in [1.54, 1.807) is 25.1 Å². The van der Waals surface area contributed by atoms with Crippen LogP contribution in [0.15, 0.2) is 54.6 Å². The molecule has 0 aliphatic heterocycles. The quantitative estimate of drug-likeness (QED) is 0.409. The Morgan fingerprint density at radius 1 is 1.00 bits per heavy atom. The molecule has 0 atom stereocenters. The number of carbonyl (C=O) groups excluding carboxylic acids is 3. The number of fused-ring (bicyclic) bond motifs is 1. The Hall–Kier alpha value is -3.54. The molecular weight excluding hydrogens is 346 g/mol. The van der Waals surface area contributed by atoms with Crippen LogP contribution < -0.4 is 0 Å². The predicted octanol–water partition coefficient (Wildman–Crippen LogP) is 3.57. The molecule has 0 unspecified atom stereocenters. The van der Waals surface area contributed by atoms with E-state index in [0.717, 1.165) is 5.39 Å². The van der Waals surface area contributed by atoms with Crippen molar-refractivity contribution in [2.45, 2.75) is 13.3 Å². The highest BCUT2D eigenvalue weighted by Gasteiger charge is 2.20. The number of esters is 1. The van der Waals surface area contributed by atoms with Crippen molar-refractivity contribution in [3.63, 3.8) is 0 Å². The number of carbonyl (C=O) groups is 3. The molecule has 0 saturated carbocycles. The Labute approximate surface area is 155 Å². The first kappa shape index (κ1) is 18.3. The van der Waals surface area contributed by atoms with Gasteiger partial charge in [0.15, 0.2) is 11.6 Å². The zero-order valence-corrected chi connectivity index (χ0v) is 14.6. The number of aromatic nitrogens is 1. The molecule has 0 amide bonds. The number of benzene rings is 2. The number of rotatable bonds is 6. The second-order valence-corrected chi connectivity index (χ2v) is 5.86. The number of aromatic hydroxyl groups is 1. The van der Waals surface area contributed by atoms with Crippen LogP contribution in [0.2, 0.25) is 0 Å². The maximum atomic E-state index is 12.5. The maximum absolute atomic E-state index is 12.5. The van der Waals surface area contributed by atoms with Gasteiger partial charge in [-0.05, 0) is 37.3 Å². The van der Waals surface area contributed by atoms with Gasteiger partial charge in [0.1, 0.15) is 11.4 Å². The van der Waals surface area contributed by atoms with E-state index in [2.05, 4.69) is 4.98 Å². The van der Waals surface area contributed by atoms with Crippen LogP contribution in [-0.4, -0.2) is 34.2 Å². The lowest BCUT2D eigenvalue weighted by molar-refractivity contribution is 0.0526. The number of hydrogen-bond donors (Lipinski definition) is 1. The molecule has 3 rings (SSSR count). The Bertz CT molecular complexity index is 1040. The van der Waals surface area contributed by atoms with Crippen molar-refractivity contribution in [1.29, 1.82) is 0 Å². The highest BCUT2D eigenvalue weighted by molar-refractivity contribution is 6.14. The largest absolute Gasteiger partial charge is 0.507 e. The first-order chi connectivity index (χ1) is 13.0. The van der Waals surface area contributed by atoms with Crippen LogP contribution >= 0.6 is 0 Å². The van der Waals surface area contributed by atoms with Crippen LogP contribution in [0, 0.1) is 0 Å². The fourth-order valence-electron chi connectivity index (χ4n) is 2.65. The minimum absolute atomic E-state index is 0.102. The zero-order chi connectivity index (χ0) is 19.4. The summed E-state index contributed by atoms with van der Waals surface area (Å²) in [6.45, 7) is 1.86. The molecule has 3 aromatic rings. The molecule has 0 bridgehead atoms. The number of pyridine rings is 1. The lowest BCUT2D eigenvalue weighted by atomic mass is 10.0. The Balaban J connectivity index is 1.82. The van der Waals surface area contributed by atoms with Gasteiger partial charge in [-0.3, -0.25) is 9.59 Å². The third-order valence-electron chi connectivity index (χ3n) is 4.01. The third-order valence-corrected chi connectivity index (χ3v) is 4.01. The summed E-state index contributed by atoms with van der Waals surface area (Å²) in [5.74, 6) is -1.97. The molecule has 0 aliphatic carbocycles. The minimum Gasteiger partial charge on any atom is -0.507 e. The van der Waals surface area contributed by atoms with E-state index < -0.39 is 24.0 Å². The number of para-hydroxylation sites is 1. The van der Waals surface area contributed by atoms with Crippen molar-refractivity contribution in [1.82, 2.24) is 4.98 Å². The molecule has 2 aromatic carbocycles. The molecule has 0 saturated heterocycles. The molecule has 0 aliphatic rings. The first-order valence-corrected chi connectivity index (χ1v) is 8.42. The summed E-state index contributed by atoms with van der Waals surface area (Å²) in [5, 5.41) is 10.8. The van der Waals surface area contributed by atoms with Gasteiger partial charge in [-0.25, -0.2) is 9.78 Å². The van der Waals surface area contributed by atoms with E-state index >= 15 is 0 Å². The zero-order valence-electron chi connectivity index (χ0n) is 14.6. The molecule has 0 spiro atoms. The average Bonchev–Trinajstić information content (AvgIpc) is 2.68. The molecule has 27 heavy (non-hydrogen) atoms. The molecule has 1 N–H and O–H groups in total. The Morgan fingerprint density at radius 3 is 2.56 bits per heavy atom. The van der Waals surface area contributed by atoms with E-state index in [-0.39, 0.29) is 29.2 Å². The van der Waals surface area contributed by atoms with Crippen molar-refractivity contribution < 1.29 is 24.2 Å². The number of hydrogen-bond acceptors (Lipinski definition) is 6. The molecule has 0 radical (unpaired) electrons. The SMILES string of the molecule is CCOC(=O)c1ccc(O)c(C(=O)CC(=O)c2ccc3ccccc3n2)c1. The van der Waals surface area contributed by atoms with Gasteiger partial charge in [0, 0.05) is 5.39 Å². The summed E-state index contributed by atoms with van der Waals surface area (Å²) in [4.78, 5) is 41.0. The van der Waals surface area contributed by atoms with E-state index in [1.807, 2.05) is 18.2 Å². The topological polar surface area (TPSA) is 93.6 Å². The number of ketones is 2. The lowest BCUT2D eigenvalue weighted by Crippen LogP contribution is -2.12. The molecule has 6 nitrogen and oxygen atoms in total. The van der Waals surface area contributed by atoms with E-state index in [1.165, 1.54) is 18.2 Å². The van der Waals surface area contributed by atoms with Gasteiger partial charge in [-0.15, -0.1) is 0 Å². The minimum atomic E-state index is -0.603. The first-order valence-electron chi connectivity index (χ1n) is 8.42. The molecule has 6 heteroatoms. The summed E-state index contributed by atoms with van der Waals surface area (Å²) in [5.41, 5.74) is 0.856. The van der Waals surface area contributed by atoms with E-state index in [9.17, 15) is 19.5 Å². The lowest BCUT2D eigenvalue weighted by Gasteiger charge is -2.07. The van der Waals surface area contributed by atoms with Crippen molar-refractivity contribution in [2.24, 2.45) is 0 Å². The van der Waals surface area contributed by atoms with Crippen LogP contribution in [0.1, 0.15) is 44.5 Å². The third kappa shape index (κ3) is 4.00. The summed E-state index contributed by atoms with van der Waals surface area (Å²) >= 11 is 0. The van der Waals surface area contributed by atoms with Crippen LogP contribution in [0.3, 0.4) is 0 Å². The molecule has 136 valence electrons. The van der Waals surface area contributed by atoms with Gasteiger partial charge in [-0.1, -0.05) is 24.3 Å². The maximum Gasteiger partial charge on any atom is 0.338 e. The number of phenols is 1. The van der Waals surface area contributed by atoms with Crippen molar-refractivity contribution in [2.75, 3.05) is 6.61 Å². The highest BCUT2D eigenvalue weighted by atomic mass is 16.5. The smallest absolute Gasteiger partial charge is 0.338 e. The van der Waals surface area contributed by atoms with Crippen LogP contribution in [0.5, 0.6) is 5.75 Å². The number of nitrogens with zero attached hydrogens (tertiary/aromatic N) is 1. The molecular formula is C21H17NO5. The second kappa shape index (κ2) is 7.78. The van der Waals surface area contributed by atoms with Gasteiger partial charge >= 0.3 is 5.97 Å². The molecule has 1 heterocycles. The highest BCUT2D eigenvalue weighted by Crippen LogP contribution is 2.22. The molecule has 1 aromatic heterocycles. The predicted molar refractivity (Wildman–Crippen MR) is 99.1 cm³/mol. The van der Waals surface area contributed by atoms with E-state index in [0.29, 0.717) is 5.52 Å². The summed E-state index contributed by atoms with van der Waals surface area (Å²) in [7, 11) is 0. The van der Waals surface area contributed by atoms with Crippen molar-refractivity contribution >= 4 is 28.4 Å².